The van der Waals surface area contributed by atoms with Crippen molar-refractivity contribution in [3.8, 4) is 0 Å². The molecule has 5 heteroatoms. The predicted octanol–water partition coefficient (Wildman–Crippen LogP) is 5.39. The number of fused-ring (bicyclic) bond motifs is 1. The quantitative estimate of drug-likeness (QED) is 0.426. The van der Waals surface area contributed by atoms with Crippen LogP contribution in [0.3, 0.4) is 0 Å². The molecule has 162 valence electrons. The highest BCUT2D eigenvalue weighted by Crippen LogP contribution is 2.32. The summed E-state index contributed by atoms with van der Waals surface area (Å²) in [4.78, 5) is 22.9. The number of amides is 1. The lowest BCUT2D eigenvalue weighted by Gasteiger charge is -2.36. The Labute approximate surface area is 193 Å². The third-order valence-electron chi connectivity index (χ3n) is 6.37. The van der Waals surface area contributed by atoms with Crippen LogP contribution in [0, 0.1) is 13.8 Å². The minimum absolute atomic E-state index is 0.178. The Morgan fingerprint density at radius 2 is 1.41 bits per heavy atom. The van der Waals surface area contributed by atoms with Crippen LogP contribution in [0.5, 0.6) is 0 Å². The van der Waals surface area contributed by atoms with Gasteiger partial charge in [0.25, 0.3) is 0 Å². The molecule has 1 saturated heterocycles. The molecule has 0 bridgehead atoms. The molecular formula is C27H27N3OS. The average Bonchev–Trinajstić information content (AvgIpc) is 3.23. The van der Waals surface area contributed by atoms with Crippen LogP contribution in [-0.2, 0) is 4.79 Å². The number of carbonyl (C=O) groups excluding carboxylic acids is 1. The molecule has 1 aliphatic heterocycles. The minimum atomic E-state index is -0.266. The summed E-state index contributed by atoms with van der Waals surface area (Å²) in [7, 11) is 0. The molecule has 0 saturated carbocycles. The first-order valence-electron chi connectivity index (χ1n) is 11.1. The van der Waals surface area contributed by atoms with Gasteiger partial charge in [-0.05, 0) is 48.2 Å². The van der Waals surface area contributed by atoms with E-state index >= 15 is 0 Å². The topological polar surface area (TPSA) is 36.4 Å². The Balaban J connectivity index is 1.34. The van der Waals surface area contributed by atoms with E-state index in [4.69, 9.17) is 4.98 Å². The molecular weight excluding hydrogens is 414 g/mol. The highest BCUT2D eigenvalue weighted by atomic mass is 32.1. The van der Waals surface area contributed by atoms with E-state index in [0.717, 1.165) is 34.9 Å². The highest BCUT2D eigenvalue weighted by molar-refractivity contribution is 7.22. The third kappa shape index (κ3) is 4.00. The first-order chi connectivity index (χ1) is 15.6. The fourth-order valence-electron chi connectivity index (χ4n) is 4.37. The fourth-order valence-corrected chi connectivity index (χ4v) is 5.47. The zero-order chi connectivity index (χ0) is 22.1. The number of anilines is 1. The summed E-state index contributed by atoms with van der Waals surface area (Å²) >= 11 is 1.75. The Hall–Kier alpha value is -3.18. The predicted molar refractivity (Wildman–Crippen MR) is 133 cm³/mol. The molecule has 1 amide bonds. The van der Waals surface area contributed by atoms with E-state index in [0.29, 0.717) is 13.1 Å². The van der Waals surface area contributed by atoms with E-state index < -0.39 is 0 Å². The molecule has 0 N–H and O–H groups in total. The van der Waals surface area contributed by atoms with Gasteiger partial charge in [0.2, 0.25) is 5.91 Å². The first-order valence-corrected chi connectivity index (χ1v) is 11.9. The molecule has 2 heterocycles. The SMILES string of the molecule is Cc1cc2nc(N3CCN(C(=O)C(c4ccccc4)c4ccccc4)CC3)sc2cc1C. The van der Waals surface area contributed by atoms with Crippen LogP contribution < -0.4 is 4.90 Å². The molecule has 1 aromatic heterocycles. The molecule has 0 unspecified atom stereocenters. The number of aryl methyl sites for hydroxylation is 2. The lowest BCUT2D eigenvalue weighted by Crippen LogP contribution is -2.50. The largest absolute Gasteiger partial charge is 0.345 e. The molecule has 4 aromatic rings. The van der Waals surface area contributed by atoms with Gasteiger partial charge in [0.1, 0.15) is 0 Å². The maximum absolute atomic E-state index is 13.7. The lowest BCUT2D eigenvalue weighted by atomic mass is 9.90. The number of thiazole rings is 1. The molecule has 0 radical (unpaired) electrons. The van der Waals surface area contributed by atoms with Crippen molar-refractivity contribution in [1.29, 1.82) is 0 Å². The normalized spacial score (nSPS) is 14.3. The van der Waals surface area contributed by atoms with Crippen LogP contribution in [0.1, 0.15) is 28.2 Å². The summed E-state index contributed by atoms with van der Waals surface area (Å²) in [6, 6.07) is 24.6. The zero-order valence-electron chi connectivity index (χ0n) is 18.5. The first kappa shape index (κ1) is 20.7. The molecule has 5 rings (SSSR count). The molecule has 1 aliphatic rings. The maximum atomic E-state index is 13.7. The monoisotopic (exact) mass is 441 g/mol. The smallest absolute Gasteiger partial charge is 0.234 e. The van der Waals surface area contributed by atoms with Crippen LogP contribution in [0.15, 0.2) is 72.8 Å². The van der Waals surface area contributed by atoms with E-state index in [1.165, 1.54) is 15.8 Å². The zero-order valence-corrected chi connectivity index (χ0v) is 19.3. The molecule has 3 aromatic carbocycles. The molecule has 1 fully saturated rings. The number of aromatic nitrogens is 1. The average molecular weight is 442 g/mol. The van der Waals surface area contributed by atoms with Crippen molar-refractivity contribution in [1.82, 2.24) is 9.88 Å². The van der Waals surface area contributed by atoms with Gasteiger partial charge in [-0.1, -0.05) is 72.0 Å². The highest BCUT2D eigenvalue weighted by Gasteiger charge is 2.30. The number of nitrogens with zero attached hydrogens (tertiary/aromatic N) is 3. The van der Waals surface area contributed by atoms with E-state index in [9.17, 15) is 4.79 Å². The van der Waals surface area contributed by atoms with Crippen molar-refractivity contribution in [2.24, 2.45) is 0 Å². The van der Waals surface area contributed by atoms with Crippen LogP contribution in [0.4, 0.5) is 5.13 Å². The van der Waals surface area contributed by atoms with Gasteiger partial charge >= 0.3 is 0 Å². The molecule has 0 spiro atoms. The Bertz CT molecular complexity index is 1150. The number of benzene rings is 3. The van der Waals surface area contributed by atoms with Gasteiger partial charge in [-0.25, -0.2) is 4.98 Å². The van der Waals surface area contributed by atoms with Gasteiger partial charge in [0.15, 0.2) is 5.13 Å². The number of hydrogen-bond acceptors (Lipinski definition) is 4. The summed E-state index contributed by atoms with van der Waals surface area (Å²) in [5.74, 6) is -0.0880. The van der Waals surface area contributed by atoms with Crippen molar-refractivity contribution in [3.05, 3.63) is 95.1 Å². The molecule has 0 atom stereocenters. The van der Waals surface area contributed by atoms with Gasteiger partial charge in [0, 0.05) is 26.2 Å². The summed E-state index contributed by atoms with van der Waals surface area (Å²) in [6.45, 7) is 7.31. The van der Waals surface area contributed by atoms with Crippen LogP contribution in [-0.4, -0.2) is 42.0 Å². The van der Waals surface area contributed by atoms with E-state index in [1.54, 1.807) is 11.3 Å². The van der Waals surface area contributed by atoms with E-state index in [-0.39, 0.29) is 11.8 Å². The summed E-state index contributed by atoms with van der Waals surface area (Å²) in [6.07, 6.45) is 0. The number of carbonyl (C=O) groups is 1. The van der Waals surface area contributed by atoms with Gasteiger partial charge in [-0.2, -0.15) is 0 Å². The van der Waals surface area contributed by atoms with Crippen molar-refractivity contribution in [2.75, 3.05) is 31.1 Å². The van der Waals surface area contributed by atoms with Crippen molar-refractivity contribution in [3.63, 3.8) is 0 Å². The number of piperazine rings is 1. The van der Waals surface area contributed by atoms with Crippen molar-refractivity contribution in [2.45, 2.75) is 19.8 Å². The van der Waals surface area contributed by atoms with Crippen molar-refractivity contribution >= 4 is 32.6 Å². The van der Waals surface area contributed by atoms with Crippen molar-refractivity contribution < 1.29 is 4.79 Å². The second-order valence-electron chi connectivity index (χ2n) is 8.47. The second kappa shape index (κ2) is 8.75. The maximum Gasteiger partial charge on any atom is 0.234 e. The number of hydrogen-bond donors (Lipinski definition) is 0. The van der Waals surface area contributed by atoms with Crippen LogP contribution >= 0.6 is 11.3 Å². The molecule has 0 aliphatic carbocycles. The third-order valence-corrected chi connectivity index (χ3v) is 7.45. The van der Waals surface area contributed by atoms with Gasteiger partial charge in [-0.15, -0.1) is 0 Å². The van der Waals surface area contributed by atoms with E-state index in [2.05, 4.69) is 55.1 Å². The van der Waals surface area contributed by atoms with Gasteiger partial charge in [-0.3, -0.25) is 4.79 Å². The minimum Gasteiger partial charge on any atom is -0.345 e. The van der Waals surface area contributed by atoms with Gasteiger partial charge in [0.05, 0.1) is 16.1 Å². The Kier molecular flexibility index (Phi) is 5.66. The fraction of sp³-hybridized carbons (Fsp3) is 0.259. The summed E-state index contributed by atoms with van der Waals surface area (Å²) in [5, 5.41) is 1.06. The Morgan fingerprint density at radius 1 is 0.844 bits per heavy atom. The van der Waals surface area contributed by atoms with E-state index in [1.807, 2.05) is 41.3 Å². The standard InChI is InChI=1S/C27H27N3OS/c1-19-17-23-24(18-20(19)2)32-27(28-23)30-15-13-29(14-16-30)26(31)25(21-9-5-3-6-10-21)22-11-7-4-8-12-22/h3-12,17-18,25H,13-16H2,1-2H3. The van der Waals surface area contributed by atoms with Gasteiger partial charge < -0.3 is 9.80 Å². The Morgan fingerprint density at radius 3 is 2.00 bits per heavy atom. The molecule has 4 nitrogen and oxygen atoms in total. The summed E-state index contributed by atoms with van der Waals surface area (Å²) in [5.41, 5.74) is 5.74. The summed E-state index contributed by atoms with van der Waals surface area (Å²) < 4.78 is 1.23. The second-order valence-corrected chi connectivity index (χ2v) is 9.48. The van der Waals surface area contributed by atoms with Crippen LogP contribution in [0.25, 0.3) is 10.2 Å². The molecule has 32 heavy (non-hydrogen) atoms. The van der Waals surface area contributed by atoms with Crippen LogP contribution in [0.2, 0.25) is 0 Å². The number of rotatable bonds is 4. The lowest BCUT2D eigenvalue weighted by molar-refractivity contribution is -0.132.